The first kappa shape index (κ1) is 13.1. The van der Waals surface area contributed by atoms with Gasteiger partial charge in [0.25, 0.3) is 0 Å². The standard InChI is InChI=1S/C15H20O3/c1-11-8-14(16)18-15(11)12(2)9-17-10-13-6-4-3-5-7-13/h3-7,11-12,15H,8-10H2,1-2H3/t11-,12-,15-/m0/s1. The summed E-state index contributed by atoms with van der Waals surface area (Å²) in [4.78, 5) is 11.2. The first-order chi connectivity index (χ1) is 8.66. The summed E-state index contributed by atoms with van der Waals surface area (Å²) in [6.45, 7) is 5.37. The molecule has 3 heteroatoms. The molecule has 3 atom stereocenters. The van der Waals surface area contributed by atoms with Gasteiger partial charge in [0.05, 0.1) is 19.6 Å². The van der Waals surface area contributed by atoms with Crippen LogP contribution in [-0.4, -0.2) is 18.7 Å². The molecule has 0 aromatic heterocycles. The van der Waals surface area contributed by atoms with Gasteiger partial charge in [-0.25, -0.2) is 0 Å². The fourth-order valence-electron chi connectivity index (χ4n) is 2.40. The Bertz CT molecular complexity index is 388. The minimum atomic E-state index is -0.0811. The largest absolute Gasteiger partial charge is 0.462 e. The van der Waals surface area contributed by atoms with Crippen molar-refractivity contribution >= 4 is 5.97 Å². The summed E-state index contributed by atoms with van der Waals surface area (Å²) in [6, 6.07) is 10.1. The zero-order valence-corrected chi connectivity index (χ0v) is 11.0. The number of rotatable bonds is 5. The first-order valence-corrected chi connectivity index (χ1v) is 6.48. The maximum Gasteiger partial charge on any atom is 0.306 e. The molecule has 0 N–H and O–H groups in total. The number of ether oxygens (including phenoxy) is 2. The molecule has 1 aromatic carbocycles. The Balaban J connectivity index is 1.75. The smallest absolute Gasteiger partial charge is 0.306 e. The number of cyclic esters (lactones) is 1. The van der Waals surface area contributed by atoms with E-state index in [9.17, 15) is 4.79 Å². The van der Waals surface area contributed by atoms with Crippen LogP contribution in [0.1, 0.15) is 25.8 Å². The molecule has 0 unspecified atom stereocenters. The summed E-state index contributed by atoms with van der Waals surface area (Å²) in [7, 11) is 0. The van der Waals surface area contributed by atoms with Crippen LogP contribution in [0.2, 0.25) is 0 Å². The number of hydrogen-bond donors (Lipinski definition) is 0. The number of hydrogen-bond acceptors (Lipinski definition) is 3. The molecule has 0 amide bonds. The van der Waals surface area contributed by atoms with Crippen molar-refractivity contribution in [1.29, 1.82) is 0 Å². The molecule has 0 aliphatic carbocycles. The lowest BCUT2D eigenvalue weighted by Crippen LogP contribution is -2.26. The third-order valence-electron chi connectivity index (χ3n) is 3.37. The zero-order valence-electron chi connectivity index (χ0n) is 11.0. The molecular formula is C15H20O3. The van der Waals surface area contributed by atoms with Crippen molar-refractivity contribution in [3.05, 3.63) is 35.9 Å². The molecule has 0 saturated carbocycles. The minimum Gasteiger partial charge on any atom is -0.462 e. The highest BCUT2D eigenvalue weighted by atomic mass is 16.6. The van der Waals surface area contributed by atoms with Crippen LogP contribution in [-0.2, 0) is 20.9 Å². The van der Waals surface area contributed by atoms with Gasteiger partial charge in [0, 0.05) is 11.8 Å². The molecule has 1 aliphatic heterocycles. The molecule has 2 rings (SSSR count). The van der Waals surface area contributed by atoms with Crippen molar-refractivity contribution in [1.82, 2.24) is 0 Å². The van der Waals surface area contributed by atoms with Crippen molar-refractivity contribution < 1.29 is 14.3 Å². The van der Waals surface area contributed by atoms with Crippen molar-refractivity contribution in [3.63, 3.8) is 0 Å². The van der Waals surface area contributed by atoms with Crippen LogP contribution in [0.3, 0.4) is 0 Å². The predicted octanol–water partition coefficient (Wildman–Crippen LogP) is 2.79. The van der Waals surface area contributed by atoms with E-state index in [-0.39, 0.29) is 18.0 Å². The first-order valence-electron chi connectivity index (χ1n) is 6.48. The monoisotopic (exact) mass is 248 g/mol. The van der Waals surface area contributed by atoms with Crippen LogP contribution in [0.15, 0.2) is 30.3 Å². The third kappa shape index (κ3) is 3.33. The summed E-state index contributed by atoms with van der Waals surface area (Å²) >= 11 is 0. The highest BCUT2D eigenvalue weighted by molar-refractivity contribution is 5.72. The predicted molar refractivity (Wildman–Crippen MR) is 68.9 cm³/mol. The van der Waals surface area contributed by atoms with Gasteiger partial charge in [-0.15, -0.1) is 0 Å². The van der Waals surface area contributed by atoms with Crippen LogP contribution in [0.4, 0.5) is 0 Å². The van der Waals surface area contributed by atoms with E-state index in [2.05, 4.69) is 13.8 Å². The Morgan fingerprint density at radius 3 is 2.72 bits per heavy atom. The van der Waals surface area contributed by atoms with Gasteiger partial charge >= 0.3 is 5.97 Å². The Hall–Kier alpha value is -1.35. The summed E-state index contributed by atoms with van der Waals surface area (Å²) in [5, 5.41) is 0. The van der Waals surface area contributed by atoms with E-state index < -0.39 is 0 Å². The van der Waals surface area contributed by atoms with Gasteiger partial charge in [0.2, 0.25) is 0 Å². The maximum atomic E-state index is 11.2. The number of carbonyl (C=O) groups is 1. The van der Waals surface area contributed by atoms with E-state index >= 15 is 0 Å². The van der Waals surface area contributed by atoms with E-state index in [0.717, 1.165) is 0 Å². The Morgan fingerprint density at radius 2 is 2.11 bits per heavy atom. The molecule has 1 saturated heterocycles. The second-order valence-electron chi connectivity index (χ2n) is 5.11. The van der Waals surface area contributed by atoms with Gasteiger partial charge < -0.3 is 9.47 Å². The molecule has 0 spiro atoms. The summed E-state index contributed by atoms with van der Waals surface area (Å²) in [6.07, 6.45) is 0.543. The molecule has 0 bridgehead atoms. The lowest BCUT2D eigenvalue weighted by Gasteiger charge is -2.21. The van der Waals surface area contributed by atoms with E-state index in [0.29, 0.717) is 25.6 Å². The Kier molecular flexibility index (Phi) is 4.37. The molecule has 1 aromatic rings. The minimum absolute atomic E-state index is 0.00766. The summed E-state index contributed by atoms with van der Waals surface area (Å²) < 4.78 is 11.0. The highest BCUT2D eigenvalue weighted by Crippen LogP contribution is 2.27. The van der Waals surface area contributed by atoms with Crippen LogP contribution in [0.25, 0.3) is 0 Å². The van der Waals surface area contributed by atoms with Crippen LogP contribution >= 0.6 is 0 Å². The molecule has 3 nitrogen and oxygen atoms in total. The quantitative estimate of drug-likeness (QED) is 0.752. The van der Waals surface area contributed by atoms with E-state index in [1.165, 1.54) is 5.56 Å². The molecule has 18 heavy (non-hydrogen) atoms. The second-order valence-corrected chi connectivity index (χ2v) is 5.11. The summed E-state index contributed by atoms with van der Waals surface area (Å²) in [5.41, 5.74) is 1.17. The molecule has 1 heterocycles. The Labute approximate surface area is 108 Å². The normalized spacial score (nSPS) is 24.9. The zero-order chi connectivity index (χ0) is 13.0. The van der Waals surface area contributed by atoms with Crippen LogP contribution in [0.5, 0.6) is 0 Å². The van der Waals surface area contributed by atoms with Crippen molar-refractivity contribution in [2.45, 2.75) is 33.0 Å². The van der Waals surface area contributed by atoms with E-state index in [1.807, 2.05) is 30.3 Å². The Morgan fingerprint density at radius 1 is 1.39 bits per heavy atom. The van der Waals surface area contributed by atoms with Crippen molar-refractivity contribution in [2.24, 2.45) is 11.8 Å². The van der Waals surface area contributed by atoms with Crippen molar-refractivity contribution in [2.75, 3.05) is 6.61 Å². The average Bonchev–Trinajstić information content (AvgIpc) is 2.70. The molecule has 0 radical (unpaired) electrons. The average molecular weight is 248 g/mol. The number of esters is 1. The lowest BCUT2D eigenvalue weighted by molar-refractivity contribution is -0.144. The SMILES string of the molecule is C[C@@H](COCc1ccccc1)[C@H]1OC(=O)C[C@@H]1C. The topological polar surface area (TPSA) is 35.5 Å². The molecule has 1 aliphatic rings. The number of benzene rings is 1. The van der Waals surface area contributed by atoms with Gasteiger partial charge in [-0.05, 0) is 5.56 Å². The maximum absolute atomic E-state index is 11.2. The van der Waals surface area contributed by atoms with Gasteiger partial charge in [-0.3, -0.25) is 4.79 Å². The summed E-state index contributed by atoms with van der Waals surface area (Å²) in [5.74, 6) is 0.463. The molecular weight excluding hydrogens is 228 g/mol. The third-order valence-corrected chi connectivity index (χ3v) is 3.37. The lowest BCUT2D eigenvalue weighted by atomic mass is 9.94. The fourth-order valence-corrected chi connectivity index (χ4v) is 2.40. The molecule has 98 valence electrons. The fraction of sp³-hybridized carbons (Fsp3) is 0.533. The van der Waals surface area contributed by atoms with Gasteiger partial charge in [-0.1, -0.05) is 44.2 Å². The highest BCUT2D eigenvalue weighted by Gasteiger charge is 2.35. The second kappa shape index (κ2) is 6.01. The van der Waals surface area contributed by atoms with Gasteiger partial charge in [-0.2, -0.15) is 0 Å². The van der Waals surface area contributed by atoms with Crippen molar-refractivity contribution in [3.8, 4) is 0 Å². The van der Waals surface area contributed by atoms with E-state index in [4.69, 9.17) is 9.47 Å². The van der Waals surface area contributed by atoms with Crippen LogP contribution < -0.4 is 0 Å². The van der Waals surface area contributed by atoms with Crippen LogP contribution in [0, 0.1) is 11.8 Å². The molecule has 1 fully saturated rings. The number of carbonyl (C=O) groups excluding carboxylic acids is 1. The van der Waals surface area contributed by atoms with Gasteiger partial charge in [0.15, 0.2) is 0 Å². The van der Waals surface area contributed by atoms with E-state index in [1.54, 1.807) is 0 Å². The van der Waals surface area contributed by atoms with Gasteiger partial charge in [0.1, 0.15) is 6.10 Å².